The van der Waals surface area contributed by atoms with E-state index in [9.17, 15) is 0 Å². The summed E-state index contributed by atoms with van der Waals surface area (Å²) in [5.41, 5.74) is 7.48. The van der Waals surface area contributed by atoms with Crippen LogP contribution in [0.1, 0.15) is 44.7 Å². The van der Waals surface area contributed by atoms with Gasteiger partial charge in [-0.1, -0.05) is 18.5 Å². The van der Waals surface area contributed by atoms with Gasteiger partial charge in [0.05, 0.1) is 0 Å². The zero-order chi connectivity index (χ0) is 12.3. The molecule has 1 fully saturated rings. The standard InChI is InChI=1S/C14H18ClNO/c1-13(5-6-13)14(2)8-11(16)10-7-9(15)3-4-12(10)17-14/h3-4,7,11H,5-6,8,16H2,1-2H3. The van der Waals surface area contributed by atoms with Crippen molar-refractivity contribution in [3.05, 3.63) is 28.8 Å². The highest BCUT2D eigenvalue weighted by Gasteiger charge is 2.57. The molecule has 1 saturated carbocycles. The predicted octanol–water partition coefficient (Wildman–Crippen LogP) is 3.68. The van der Waals surface area contributed by atoms with Gasteiger partial charge in [0.1, 0.15) is 11.4 Å². The maximum atomic E-state index is 6.28. The van der Waals surface area contributed by atoms with Crippen molar-refractivity contribution < 1.29 is 4.74 Å². The van der Waals surface area contributed by atoms with Crippen molar-refractivity contribution in [2.75, 3.05) is 0 Å². The van der Waals surface area contributed by atoms with Crippen molar-refractivity contribution in [2.24, 2.45) is 11.1 Å². The molecule has 2 atom stereocenters. The van der Waals surface area contributed by atoms with Crippen LogP contribution in [0, 0.1) is 5.41 Å². The molecular formula is C14H18ClNO. The molecule has 3 heteroatoms. The maximum Gasteiger partial charge on any atom is 0.125 e. The summed E-state index contributed by atoms with van der Waals surface area (Å²) in [5.74, 6) is 0.906. The molecule has 0 spiro atoms. The number of nitrogens with two attached hydrogens (primary N) is 1. The third-order valence-corrected chi connectivity index (χ3v) is 4.83. The number of ether oxygens (including phenoxy) is 1. The lowest BCUT2D eigenvalue weighted by Crippen LogP contribution is -2.46. The fraction of sp³-hybridized carbons (Fsp3) is 0.571. The van der Waals surface area contributed by atoms with Gasteiger partial charge in [0.25, 0.3) is 0 Å². The first-order chi connectivity index (χ1) is 7.94. The van der Waals surface area contributed by atoms with Crippen molar-refractivity contribution in [3.63, 3.8) is 0 Å². The Bertz CT molecular complexity index is 469. The van der Waals surface area contributed by atoms with Crippen LogP contribution in [-0.4, -0.2) is 5.60 Å². The summed E-state index contributed by atoms with van der Waals surface area (Å²) < 4.78 is 6.23. The highest BCUT2D eigenvalue weighted by molar-refractivity contribution is 6.30. The van der Waals surface area contributed by atoms with Gasteiger partial charge in [-0.05, 0) is 38.0 Å². The van der Waals surface area contributed by atoms with Crippen LogP contribution in [0.5, 0.6) is 5.75 Å². The molecule has 1 aromatic carbocycles. The Hall–Kier alpha value is -0.730. The minimum Gasteiger partial charge on any atom is -0.487 e. The molecule has 2 unspecified atom stereocenters. The Labute approximate surface area is 107 Å². The Morgan fingerprint density at radius 3 is 2.71 bits per heavy atom. The zero-order valence-corrected chi connectivity index (χ0v) is 11.1. The van der Waals surface area contributed by atoms with Gasteiger partial charge in [-0.15, -0.1) is 0 Å². The van der Waals surface area contributed by atoms with E-state index in [-0.39, 0.29) is 11.6 Å². The van der Waals surface area contributed by atoms with E-state index in [4.69, 9.17) is 22.1 Å². The van der Waals surface area contributed by atoms with E-state index < -0.39 is 0 Å². The van der Waals surface area contributed by atoms with Crippen molar-refractivity contribution in [1.82, 2.24) is 0 Å². The largest absolute Gasteiger partial charge is 0.487 e. The van der Waals surface area contributed by atoms with E-state index in [1.165, 1.54) is 12.8 Å². The zero-order valence-electron chi connectivity index (χ0n) is 10.3. The Balaban J connectivity index is 2.01. The third-order valence-electron chi connectivity index (χ3n) is 4.59. The van der Waals surface area contributed by atoms with E-state index in [1.54, 1.807) is 0 Å². The van der Waals surface area contributed by atoms with Gasteiger partial charge in [-0.3, -0.25) is 0 Å². The highest BCUT2D eigenvalue weighted by atomic mass is 35.5. The normalized spacial score (nSPS) is 33.8. The molecule has 0 bridgehead atoms. The monoisotopic (exact) mass is 251 g/mol. The Kier molecular flexibility index (Phi) is 2.27. The van der Waals surface area contributed by atoms with Gasteiger partial charge < -0.3 is 10.5 Å². The fourth-order valence-corrected chi connectivity index (χ4v) is 2.98. The van der Waals surface area contributed by atoms with Crippen LogP contribution in [0.3, 0.4) is 0 Å². The molecule has 1 aromatic rings. The summed E-state index contributed by atoms with van der Waals surface area (Å²) in [6, 6.07) is 5.77. The van der Waals surface area contributed by atoms with Gasteiger partial charge in [-0.25, -0.2) is 0 Å². The number of halogens is 1. The first-order valence-corrected chi connectivity index (χ1v) is 6.55. The molecule has 0 radical (unpaired) electrons. The van der Waals surface area contributed by atoms with Crippen LogP contribution in [0.15, 0.2) is 18.2 Å². The van der Waals surface area contributed by atoms with Crippen molar-refractivity contribution >= 4 is 11.6 Å². The SMILES string of the molecule is CC1(C2(C)CC(N)c3cc(Cl)ccc3O2)CC1. The summed E-state index contributed by atoms with van der Waals surface area (Å²) >= 11 is 6.00. The fourth-order valence-electron chi connectivity index (χ4n) is 2.80. The van der Waals surface area contributed by atoms with E-state index in [0.29, 0.717) is 5.41 Å². The smallest absolute Gasteiger partial charge is 0.125 e. The number of benzene rings is 1. The van der Waals surface area contributed by atoms with Crippen LogP contribution in [-0.2, 0) is 0 Å². The molecule has 1 aliphatic heterocycles. The van der Waals surface area contributed by atoms with E-state index in [1.807, 2.05) is 18.2 Å². The first-order valence-electron chi connectivity index (χ1n) is 6.18. The van der Waals surface area contributed by atoms with E-state index >= 15 is 0 Å². The summed E-state index contributed by atoms with van der Waals surface area (Å²) in [5, 5.41) is 0.726. The average molecular weight is 252 g/mol. The van der Waals surface area contributed by atoms with Gasteiger partial charge in [0.2, 0.25) is 0 Å². The molecule has 92 valence electrons. The van der Waals surface area contributed by atoms with Crippen LogP contribution >= 0.6 is 11.6 Å². The molecule has 17 heavy (non-hydrogen) atoms. The molecule has 0 saturated heterocycles. The van der Waals surface area contributed by atoms with Crippen LogP contribution in [0.25, 0.3) is 0 Å². The molecule has 3 rings (SSSR count). The lowest BCUT2D eigenvalue weighted by atomic mass is 9.78. The van der Waals surface area contributed by atoms with Gasteiger partial charge in [-0.2, -0.15) is 0 Å². The Morgan fingerprint density at radius 2 is 2.06 bits per heavy atom. The quantitative estimate of drug-likeness (QED) is 0.826. The van der Waals surface area contributed by atoms with Crippen molar-refractivity contribution in [2.45, 2.75) is 44.8 Å². The lowest BCUT2D eigenvalue weighted by molar-refractivity contribution is -0.00892. The minimum absolute atomic E-state index is 0.0277. The third kappa shape index (κ3) is 1.66. The molecule has 2 aliphatic rings. The van der Waals surface area contributed by atoms with Crippen molar-refractivity contribution in [3.8, 4) is 5.75 Å². The summed E-state index contributed by atoms with van der Waals surface area (Å²) in [6.07, 6.45) is 3.34. The molecule has 0 aromatic heterocycles. The van der Waals surface area contributed by atoms with Gasteiger partial charge >= 0.3 is 0 Å². The number of hydrogen-bond acceptors (Lipinski definition) is 2. The molecule has 2 N–H and O–H groups in total. The number of rotatable bonds is 1. The highest BCUT2D eigenvalue weighted by Crippen LogP contribution is 2.59. The topological polar surface area (TPSA) is 35.2 Å². The van der Waals surface area contributed by atoms with Crippen LogP contribution in [0.4, 0.5) is 0 Å². The Morgan fingerprint density at radius 1 is 1.35 bits per heavy atom. The van der Waals surface area contributed by atoms with Gasteiger partial charge in [0, 0.05) is 28.5 Å². The predicted molar refractivity (Wildman–Crippen MR) is 69.4 cm³/mol. The van der Waals surface area contributed by atoms with Gasteiger partial charge in [0.15, 0.2) is 0 Å². The minimum atomic E-state index is -0.132. The molecule has 0 amide bonds. The summed E-state index contributed by atoms with van der Waals surface area (Å²) in [4.78, 5) is 0. The average Bonchev–Trinajstić information content (AvgIpc) is 3.00. The van der Waals surface area contributed by atoms with E-state index in [0.717, 1.165) is 22.8 Å². The molecule has 2 nitrogen and oxygen atoms in total. The second kappa shape index (κ2) is 3.39. The van der Waals surface area contributed by atoms with Crippen LogP contribution < -0.4 is 10.5 Å². The molecule has 1 aliphatic carbocycles. The second-order valence-corrected chi connectivity index (χ2v) is 6.32. The summed E-state index contributed by atoms with van der Waals surface area (Å²) in [7, 11) is 0. The van der Waals surface area contributed by atoms with E-state index in [2.05, 4.69) is 13.8 Å². The summed E-state index contributed by atoms with van der Waals surface area (Å²) in [6.45, 7) is 4.48. The number of fused-ring (bicyclic) bond motifs is 1. The number of hydrogen-bond donors (Lipinski definition) is 1. The van der Waals surface area contributed by atoms with Crippen molar-refractivity contribution in [1.29, 1.82) is 0 Å². The molecule has 1 heterocycles. The lowest BCUT2D eigenvalue weighted by Gasteiger charge is -2.43. The van der Waals surface area contributed by atoms with Crippen LogP contribution in [0.2, 0.25) is 5.02 Å². The maximum absolute atomic E-state index is 6.28. The second-order valence-electron chi connectivity index (χ2n) is 5.89. The first kappa shape index (κ1) is 11.4. The molecular weight excluding hydrogens is 234 g/mol.